The molecular weight excluding hydrogens is 388 g/mol. The third-order valence-corrected chi connectivity index (χ3v) is 6.65. The number of carbonyl (C=O) groups is 3. The van der Waals surface area contributed by atoms with Gasteiger partial charge in [0.05, 0.1) is 25.3 Å². The average Bonchev–Trinajstić information content (AvgIpc) is 2.71. The Kier molecular flexibility index (Phi) is 7.84. The number of nitrogens with zero attached hydrogens (tertiary/aromatic N) is 2. The topological polar surface area (TPSA) is 111 Å². The van der Waals surface area contributed by atoms with Crippen molar-refractivity contribution in [3.05, 3.63) is 0 Å². The molecule has 0 aromatic carbocycles. The van der Waals surface area contributed by atoms with Crippen LogP contribution in [-0.4, -0.2) is 103 Å². The number of amides is 2. The van der Waals surface area contributed by atoms with Crippen molar-refractivity contribution in [1.82, 2.24) is 20.4 Å². The van der Waals surface area contributed by atoms with E-state index < -0.39 is 17.4 Å². The van der Waals surface area contributed by atoms with Crippen LogP contribution in [0.2, 0.25) is 0 Å². The van der Waals surface area contributed by atoms with Gasteiger partial charge in [0.15, 0.2) is 5.78 Å². The van der Waals surface area contributed by atoms with Gasteiger partial charge in [0, 0.05) is 20.1 Å². The lowest BCUT2D eigenvalue weighted by Gasteiger charge is -2.44. The zero-order valence-corrected chi connectivity index (χ0v) is 18.2. The van der Waals surface area contributed by atoms with Gasteiger partial charge in [-0.05, 0) is 64.6 Å². The van der Waals surface area contributed by atoms with Gasteiger partial charge < -0.3 is 25.4 Å². The fourth-order valence-corrected chi connectivity index (χ4v) is 4.47. The molecule has 2 saturated heterocycles. The van der Waals surface area contributed by atoms with Crippen LogP contribution >= 0.6 is 0 Å². The smallest absolute Gasteiger partial charge is 0.311 e. The van der Waals surface area contributed by atoms with Gasteiger partial charge in [-0.1, -0.05) is 0 Å². The van der Waals surface area contributed by atoms with E-state index in [4.69, 9.17) is 4.74 Å². The molecule has 30 heavy (non-hydrogen) atoms. The largest absolute Gasteiger partial charge is 0.382 e. The highest BCUT2D eigenvalue weighted by Gasteiger charge is 2.44. The zero-order valence-electron chi connectivity index (χ0n) is 18.2. The summed E-state index contributed by atoms with van der Waals surface area (Å²) >= 11 is 0. The summed E-state index contributed by atoms with van der Waals surface area (Å²) in [5, 5.41) is 16.6. The molecule has 1 aliphatic carbocycles. The summed E-state index contributed by atoms with van der Waals surface area (Å²) in [6.45, 7) is 3.07. The molecule has 9 heteroatoms. The first-order valence-electron chi connectivity index (χ1n) is 11.1. The number of ether oxygens (including phenoxy) is 1. The molecule has 0 radical (unpaired) electrons. The summed E-state index contributed by atoms with van der Waals surface area (Å²) in [7, 11) is 3.09. The molecule has 0 aromatic rings. The van der Waals surface area contributed by atoms with Crippen molar-refractivity contribution in [2.24, 2.45) is 0 Å². The van der Waals surface area contributed by atoms with E-state index in [1.165, 1.54) is 4.90 Å². The number of carbonyl (C=O) groups excluding carboxylic acids is 3. The van der Waals surface area contributed by atoms with E-state index in [0.29, 0.717) is 26.0 Å². The fourth-order valence-electron chi connectivity index (χ4n) is 4.47. The van der Waals surface area contributed by atoms with Crippen LogP contribution in [0.3, 0.4) is 0 Å². The van der Waals surface area contributed by atoms with Crippen LogP contribution in [-0.2, 0) is 19.1 Å². The third-order valence-electron chi connectivity index (χ3n) is 6.65. The number of hydrogen-bond acceptors (Lipinski definition) is 7. The molecule has 0 aromatic heterocycles. The Morgan fingerprint density at radius 2 is 1.87 bits per heavy atom. The van der Waals surface area contributed by atoms with Gasteiger partial charge in [-0.3, -0.25) is 19.3 Å². The van der Waals surface area contributed by atoms with E-state index >= 15 is 0 Å². The monoisotopic (exact) mass is 424 g/mol. The van der Waals surface area contributed by atoms with Crippen LogP contribution in [0.4, 0.5) is 0 Å². The number of hydrogen-bond donors (Lipinski definition) is 3. The number of Topliss-reactive ketones (excluding diaryl/α,β-unsaturated/α-hetero) is 1. The summed E-state index contributed by atoms with van der Waals surface area (Å²) in [5.74, 6) is -1.38. The number of piperidine rings is 2. The summed E-state index contributed by atoms with van der Waals surface area (Å²) in [4.78, 5) is 40.4. The van der Waals surface area contributed by atoms with Gasteiger partial charge in [0.1, 0.15) is 5.60 Å². The minimum absolute atomic E-state index is 0.144. The van der Waals surface area contributed by atoms with E-state index in [9.17, 15) is 19.5 Å². The Labute approximate surface area is 178 Å². The van der Waals surface area contributed by atoms with Crippen molar-refractivity contribution in [2.45, 2.75) is 68.7 Å². The number of rotatable bonds is 7. The number of ketones is 1. The van der Waals surface area contributed by atoms with Crippen LogP contribution in [0.15, 0.2) is 0 Å². The maximum atomic E-state index is 12.7. The van der Waals surface area contributed by atoms with Gasteiger partial charge in [0.2, 0.25) is 0 Å². The molecule has 9 nitrogen and oxygen atoms in total. The molecule has 3 rings (SSSR count). The highest BCUT2D eigenvalue weighted by molar-refractivity contribution is 6.34. The normalized spacial score (nSPS) is 27.2. The van der Waals surface area contributed by atoms with E-state index in [0.717, 1.165) is 45.2 Å². The Morgan fingerprint density at radius 1 is 1.17 bits per heavy atom. The van der Waals surface area contributed by atoms with Crippen molar-refractivity contribution in [3.8, 4) is 0 Å². The van der Waals surface area contributed by atoms with Crippen molar-refractivity contribution in [3.63, 3.8) is 0 Å². The lowest BCUT2D eigenvalue weighted by atomic mass is 9.76. The van der Waals surface area contributed by atoms with Crippen molar-refractivity contribution in [2.75, 3.05) is 46.9 Å². The first kappa shape index (κ1) is 23.1. The standard InChI is InChI=1S/C21H36N4O5/c1-24(2)20(28)19(27)23-16-5-3-12-25(13-18(26)21(29)8-4-9-21)17(16)14-30-15-6-10-22-11-7-15/h15-17,22,29H,3-14H2,1-2H3,(H,23,27). The van der Waals surface area contributed by atoms with Crippen LogP contribution in [0.1, 0.15) is 44.9 Å². The fraction of sp³-hybridized carbons (Fsp3) is 0.857. The second-order valence-electron chi connectivity index (χ2n) is 9.05. The van der Waals surface area contributed by atoms with Gasteiger partial charge in [-0.2, -0.15) is 0 Å². The maximum Gasteiger partial charge on any atom is 0.311 e. The summed E-state index contributed by atoms with van der Waals surface area (Å²) in [5.41, 5.74) is -1.20. The molecule has 170 valence electrons. The molecule has 3 aliphatic rings. The zero-order chi connectivity index (χ0) is 21.7. The SMILES string of the molecule is CN(C)C(=O)C(=O)NC1CCCN(CC(=O)C2(O)CCC2)C1COC1CCNCC1. The summed E-state index contributed by atoms with van der Waals surface area (Å²) < 4.78 is 6.18. The maximum absolute atomic E-state index is 12.7. The second kappa shape index (κ2) is 10.2. The van der Waals surface area contributed by atoms with Crippen LogP contribution < -0.4 is 10.6 Å². The Morgan fingerprint density at radius 3 is 2.47 bits per heavy atom. The Bertz CT molecular complexity index is 631. The van der Waals surface area contributed by atoms with Gasteiger partial charge in [-0.15, -0.1) is 0 Å². The predicted molar refractivity (Wildman–Crippen MR) is 111 cm³/mol. The average molecular weight is 425 g/mol. The van der Waals surface area contributed by atoms with Gasteiger partial charge >= 0.3 is 11.8 Å². The molecule has 1 saturated carbocycles. The summed E-state index contributed by atoms with van der Waals surface area (Å²) in [6.07, 6.45) is 5.46. The summed E-state index contributed by atoms with van der Waals surface area (Å²) in [6, 6.07) is -0.485. The van der Waals surface area contributed by atoms with Crippen LogP contribution in [0.5, 0.6) is 0 Å². The van der Waals surface area contributed by atoms with E-state index in [1.54, 1.807) is 14.1 Å². The highest BCUT2D eigenvalue weighted by Crippen LogP contribution is 2.33. The highest BCUT2D eigenvalue weighted by atomic mass is 16.5. The molecule has 2 unspecified atom stereocenters. The molecule has 2 heterocycles. The molecule has 2 atom stereocenters. The Balaban J connectivity index is 1.67. The Hall–Kier alpha value is -1.55. The van der Waals surface area contributed by atoms with Gasteiger partial charge in [-0.25, -0.2) is 0 Å². The van der Waals surface area contributed by atoms with Crippen molar-refractivity contribution < 1.29 is 24.2 Å². The minimum atomic E-state index is -1.20. The lowest BCUT2D eigenvalue weighted by molar-refractivity contribution is -0.149. The molecule has 3 N–H and O–H groups in total. The number of nitrogens with one attached hydrogen (secondary N) is 2. The van der Waals surface area contributed by atoms with E-state index in [1.807, 2.05) is 4.90 Å². The van der Waals surface area contributed by atoms with Crippen molar-refractivity contribution >= 4 is 17.6 Å². The van der Waals surface area contributed by atoms with Gasteiger partial charge in [0.25, 0.3) is 0 Å². The number of likely N-dealkylation sites (tertiary alicyclic amines) is 1. The third kappa shape index (κ3) is 5.57. The molecule has 2 amide bonds. The molecule has 3 fully saturated rings. The first-order valence-corrected chi connectivity index (χ1v) is 11.1. The first-order chi connectivity index (χ1) is 14.3. The van der Waals surface area contributed by atoms with Crippen LogP contribution in [0.25, 0.3) is 0 Å². The molecule has 0 bridgehead atoms. The quantitative estimate of drug-likeness (QED) is 0.463. The number of aliphatic hydroxyl groups is 1. The minimum Gasteiger partial charge on any atom is -0.382 e. The molecule has 2 aliphatic heterocycles. The second-order valence-corrected chi connectivity index (χ2v) is 9.05. The lowest BCUT2D eigenvalue weighted by Crippen LogP contribution is -2.61. The molecule has 0 spiro atoms. The predicted octanol–water partition coefficient (Wildman–Crippen LogP) is -0.723. The number of likely N-dealkylation sites (N-methyl/N-ethyl adjacent to an activating group) is 1. The van der Waals surface area contributed by atoms with Crippen LogP contribution in [0, 0.1) is 0 Å². The molecular formula is C21H36N4O5. The van der Waals surface area contributed by atoms with Crippen molar-refractivity contribution in [1.29, 1.82) is 0 Å². The van der Waals surface area contributed by atoms with E-state index in [-0.39, 0.29) is 30.5 Å². The van der Waals surface area contributed by atoms with E-state index in [2.05, 4.69) is 10.6 Å².